The summed E-state index contributed by atoms with van der Waals surface area (Å²) in [4.78, 5) is 20.6. The van der Waals surface area contributed by atoms with Gasteiger partial charge in [0.1, 0.15) is 0 Å². The lowest BCUT2D eigenvalue weighted by atomic mass is 10.0. The number of thiazole rings is 1. The molecule has 0 unspecified atom stereocenters. The van der Waals surface area contributed by atoms with Gasteiger partial charge in [-0.2, -0.15) is 0 Å². The summed E-state index contributed by atoms with van der Waals surface area (Å²) in [5, 5.41) is 6.81. The van der Waals surface area contributed by atoms with Gasteiger partial charge in [0.2, 0.25) is 0 Å². The molecule has 2 aliphatic rings. The highest BCUT2D eigenvalue weighted by molar-refractivity contribution is 7.15. The van der Waals surface area contributed by atoms with Gasteiger partial charge >= 0.3 is 6.03 Å². The number of rotatable bonds is 5. The van der Waals surface area contributed by atoms with Crippen LogP contribution in [0, 0.1) is 0 Å². The summed E-state index contributed by atoms with van der Waals surface area (Å²) in [5.74, 6) is 0. The molecule has 6 heteroatoms. The number of anilines is 1. The lowest BCUT2D eigenvalue weighted by Crippen LogP contribution is -2.46. The zero-order valence-electron chi connectivity index (χ0n) is 14.1. The normalized spacial score (nSPS) is 19.3. The number of nitrogens with zero attached hydrogens (tertiary/aromatic N) is 2. The number of carbonyl (C=O) groups excluding carboxylic acids is 1. The molecule has 1 aliphatic carbocycles. The highest BCUT2D eigenvalue weighted by Crippen LogP contribution is 2.29. The number of urea groups is 1. The fraction of sp³-hybridized carbons (Fsp3) is 0.765. The minimum absolute atomic E-state index is 0.0943. The van der Waals surface area contributed by atoms with Crippen LogP contribution >= 0.6 is 11.3 Å². The van der Waals surface area contributed by atoms with Crippen molar-refractivity contribution in [3.8, 4) is 0 Å². The van der Waals surface area contributed by atoms with Crippen LogP contribution in [0.1, 0.15) is 56.0 Å². The molecule has 2 amide bonds. The van der Waals surface area contributed by atoms with Crippen LogP contribution in [-0.4, -0.2) is 41.6 Å². The molecule has 0 radical (unpaired) electrons. The summed E-state index contributed by atoms with van der Waals surface area (Å²) in [5.41, 5.74) is 1.20. The first-order valence-corrected chi connectivity index (χ1v) is 9.84. The molecule has 23 heavy (non-hydrogen) atoms. The predicted octanol–water partition coefficient (Wildman–Crippen LogP) is 3.41. The van der Waals surface area contributed by atoms with Gasteiger partial charge in [-0.15, -0.1) is 11.3 Å². The standard InChI is InChI=1S/C17H28N4OS/c1-2-3-10-21-11-8-13(9-12-21)18-16(22)20-17-19-14-6-4-5-7-15(14)23-17/h13H,2-12H2,1H3,(H2,18,19,20,22). The summed E-state index contributed by atoms with van der Waals surface area (Å²) in [6.45, 7) is 5.61. The van der Waals surface area contributed by atoms with E-state index in [-0.39, 0.29) is 6.03 Å². The molecule has 128 valence electrons. The van der Waals surface area contributed by atoms with E-state index < -0.39 is 0 Å². The molecular weight excluding hydrogens is 308 g/mol. The van der Waals surface area contributed by atoms with Gasteiger partial charge in [-0.05, 0) is 51.5 Å². The SMILES string of the molecule is CCCCN1CCC(NC(=O)Nc2nc3c(s2)CCCC3)CC1. The van der Waals surface area contributed by atoms with Crippen LogP contribution in [0.2, 0.25) is 0 Å². The Balaban J connectivity index is 1.42. The Morgan fingerprint density at radius 2 is 2.09 bits per heavy atom. The number of hydrogen-bond donors (Lipinski definition) is 2. The molecule has 0 atom stereocenters. The Labute approximate surface area is 142 Å². The second kappa shape index (κ2) is 8.11. The zero-order valence-corrected chi connectivity index (χ0v) is 14.9. The number of nitrogens with one attached hydrogen (secondary N) is 2. The molecule has 2 N–H and O–H groups in total. The summed E-state index contributed by atoms with van der Waals surface area (Å²) in [7, 11) is 0. The average Bonchev–Trinajstić information content (AvgIpc) is 2.96. The van der Waals surface area contributed by atoms with E-state index in [0.29, 0.717) is 6.04 Å². The van der Waals surface area contributed by atoms with E-state index in [1.54, 1.807) is 11.3 Å². The molecule has 5 nitrogen and oxygen atoms in total. The topological polar surface area (TPSA) is 57.3 Å². The Morgan fingerprint density at radius 3 is 2.83 bits per heavy atom. The molecule has 1 fully saturated rings. The van der Waals surface area contributed by atoms with Gasteiger partial charge in [0, 0.05) is 24.0 Å². The number of piperidine rings is 1. The quantitative estimate of drug-likeness (QED) is 0.866. The molecule has 0 spiro atoms. The van der Waals surface area contributed by atoms with Gasteiger partial charge in [-0.3, -0.25) is 5.32 Å². The number of aromatic nitrogens is 1. The number of carbonyl (C=O) groups is 1. The maximum absolute atomic E-state index is 12.2. The minimum Gasteiger partial charge on any atom is -0.335 e. The zero-order chi connectivity index (χ0) is 16.1. The summed E-state index contributed by atoms with van der Waals surface area (Å²) < 4.78 is 0. The van der Waals surface area contributed by atoms with Crippen molar-refractivity contribution in [2.45, 2.75) is 64.3 Å². The molecule has 3 rings (SSSR count). The molecular formula is C17H28N4OS. The smallest absolute Gasteiger partial charge is 0.321 e. The number of hydrogen-bond acceptors (Lipinski definition) is 4. The van der Waals surface area contributed by atoms with Crippen molar-refractivity contribution < 1.29 is 4.79 Å². The largest absolute Gasteiger partial charge is 0.335 e. The first-order chi connectivity index (χ1) is 11.2. The minimum atomic E-state index is -0.0943. The van der Waals surface area contributed by atoms with Crippen LogP contribution in [-0.2, 0) is 12.8 Å². The fourth-order valence-corrected chi connectivity index (χ4v) is 4.45. The molecule has 0 aromatic carbocycles. The summed E-state index contributed by atoms with van der Waals surface area (Å²) in [6.07, 6.45) is 9.26. The number of amides is 2. The van der Waals surface area contributed by atoms with Crippen LogP contribution in [0.4, 0.5) is 9.93 Å². The first kappa shape index (κ1) is 16.7. The van der Waals surface area contributed by atoms with Crippen LogP contribution in [0.15, 0.2) is 0 Å². The highest BCUT2D eigenvalue weighted by Gasteiger charge is 2.21. The maximum Gasteiger partial charge on any atom is 0.321 e. The van der Waals surface area contributed by atoms with Crippen LogP contribution in [0.5, 0.6) is 0 Å². The number of unbranched alkanes of at least 4 members (excludes halogenated alkanes) is 1. The monoisotopic (exact) mass is 336 g/mol. The Morgan fingerprint density at radius 1 is 1.30 bits per heavy atom. The first-order valence-electron chi connectivity index (χ1n) is 9.03. The Hall–Kier alpha value is -1.14. The molecule has 0 saturated carbocycles. The van der Waals surface area contributed by atoms with Crippen LogP contribution in [0.3, 0.4) is 0 Å². The molecule has 2 heterocycles. The van der Waals surface area contributed by atoms with Gasteiger partial charge in [0.05, 0.1) is 5.69 Å². The van der Waals surface area contributed by atoms with Crippen molar-refractivity contribution >= 4 is 22.5 Å². The third kappa shape index (κ3) is 4.67. The van der Waals surface area contributed by atoms with E-state index in [1.165, 1.54) is 42.8 Å². The van der Waals surface area contributed by atoms with Crippen LogP contribution < -0.4 is 10.6 Å². The lowest BCUT2D eigenvalue weighted by molar-refractivity contribution is 0.194. The van der Waals surface area contributed by atoms with E-state index >= 15 is 0 Å². The second-order valence-corrected chi connectivity index (χ2v) is 7.75. The van der Waals surface area contributed by atoms with E-state index in [0.717, 1.165) is 43.9 Å². The number of aryl methyl sites for hydroxylation is 2. The van der Waals surface area contributed by atoms with Crippen molar-refractivity contribution in [2.24, 2.45) is 0 Å². The molecule has 0 bridgehead atoms. The summed E-state index contributed by atoms with van der Waals surface area (Å²) in [6, 6.07) is 0.200. The Bertz CT molecular complexity index is 499. The third-order valence-electron chi connectivity index (χ3n) is 4.82. The van der Waals surface area contributed by atoms with Crippen molar-refractivity contribution in [3.05, 3.63) is 10.6 Å². The number of likely N-dealkylation sites (tertiary alicyclic amines) is 1. The lowest BCUT2D eigenvalue weighted by Gasteiger charge is -2.32. The van der Waals surface area contributed by atoms with Crippen LogP contribution in [0.25, 0.3) is 0 Å². The molecule has 1 aromatic heterocycles. The molecule has 1 saturated heterocycles. The fourth-order valence-electron chi connectivity index (χ4n) is 3.41. The maximum atomic E-state index is 12.2. The molecule has 1 aromatic rings. The molecule has 1 aliphatic heterocycles. The van der Waals surface area contributed by atoms with Crippen molar-refractivity contribution in [1.29, 1.82) is 0 Å². The van der Waals surface area contributed by atoms with Gasteiger partial charge in [0.25, 0.3) is 0 Å². The van der Waals surface area contributed by atoms with E-state index in [9.17, 15) is 4.79 Å². The van der Waals surface area contributed by atoms with Gasteiger partial charge < -0.3 is 10.2 Å². The number of fused-ring (bicyclic) bond motifs is 1. The third-order valence-corrected chi connectivity index (χ3v) is 5.89. The highest BCUT2D eigenvalue weighted by atomic mass is 32.1. The van der Waals surface area contributed by atoms with E-state index in [2.05, 4.69) is 27.4 Å². The predicted molar refractivity (Wildman–Crippen MR) is 95.3 cm³/mol. The second-order valence-electron chi connectivity index (χ2n) is 6.66. The van der Waals surface area contributed by atoms with Gasteiger partial charge in [0.15, 0.2) is 5.13 Å². The van der Waals surface area contributed by atoms with E-state index in [1.807, 2.05) is 0 Å². The van der Waals surface area contributed by atoms with Crippen molar-refractivity contribution in [2.75, 3.05) is 25.0 Å². The Kier molecular flexibility index (Phi) is 5.89. The van der Waals surface area contributed by atoms with Gasteiger partial charge in [-0.25, -0.2) is 9.78 Å². The van der Waals surface area contributed by atoms with E-state index in [4.69, 9.17) is 0 Å². The van der Waals surface area contributed by atoms with Gasteiger partial charge in [-0.1, -0.05) is 13.3 Å². The average molecular weight is 337 g/mol. The summed E-state index contributed by atoms with van der Waals surface area (Å²) >= 11 is 1.64. The van der Waals surface area contributed by atoms with Crippen molar-refractivity contribution in [1.82, 2.24) is 15.2 Å². The van der Waals surface area contributed by atoms with Crippen molar-refractivity contribution in [3.63, 3.8) is 0 Å².